The van der Waals surface area contributed by atoms with Crippen molar-refractivity contribution in [3.8, 4) is 0 Å². The van der Waals surface area contributed by atoms with Crippen molar-refractivity contribution in [3.63, 3.8) is 0 Å². The van der Waals surface area contributed by atoms with Crippen molar-refractivity contribution in [3.05, 3.63) is 11.7 Å². The molecular formula is C18H32N4O. The highest BCUT2D eigenvalue weighted by atomic mass is 16.5. The topological polar surface area (TPSA) is 63.0 Å². The van der Waals surface area contributed by atoms with E-state index >= 15 is 0 Å². The van der Waals surface area contributed by atoms with Crippen molar-refractivity contribution in [1.82, 2.24) is 20.8 Å². The van der Waals surface area contributed by atoms with Crippen molar-refractivity contribution >= 4 is 0 Å². The molecule has 0 bridgehead atoms. The maximum Gasteiger partial charge on any atom is 0.243 e. The molecule has 0 aromatic carbocycles. The Kier molecular flexibility index (Phi) is 5.37. The summed E-state index contributed by atoms with van der Waals surface area (Å²) in [5.41, 5.74) is 0.627. The van der Waals surface area contributed by atoms with Crippen molar-refractivity contribution in [1.29, 1.82) is 0 Å². The third kappa shape index (κ3) is 4.32. The Morgan fingerprint density at radius 2 is 1.87 bits per heavy atom. The van der Waals surface area contributed by atoms with Crippen LogP contribution < -0.4 is 10.6 Å². The Labute approximate surface area is 140 Å². The van der Waals surface area contributed by atoms with Crippen LogP contribution >= 0.6 is 0 Å². The van der Waals surface area contributed by atoms with E-state index in [1.165, 1.54) is 51.6 Å². The Morgan fingerprint density at radius 1 is 1.17 bits per heavy atom. The predicted molar refractivity (Wildman–Crippen MR) is 91.2 cm³/mol. The van der Waals surface area contributed by atoms with Crippen LogP contribution in [0.15, 0.2) is 4.52 Å². The van der Waals surface area contributed by atoms with Crippen LogP contribution in [0.25, 0.3) is 0 Å². The molecule has 1 atom stereocenters. The zero-order chi connectivity index (χ0) is 16.3. The number of rotatable bonds is 5. The van der Waals surface area contributed by atoms with Crippen molar-refractivity contribution < 1.29 is 4.52 Å². The van der Waals surface area contributed by atoms with E-state index < -0.39 is 0 Å². The zero-order valence-electron chi connectivity index (χ0n) is 14.9. The number of aromatic nitrogens is 2. The lowest BCUT2D eigenvalue weighted by atomic mass is 9.67. The molecule has 1 spiro atoms. The molecule has 23 heavy (non-hydrogen) atoms. The van der Waals surface area contributed by atoms with E-state index in [2.05, 4.69) is 41.5 Å². The largest absolute Gasteiger partial charge is 0.338 e. The molecule has 1 aliphatic heterocycles. The molecule has 2 aliphatic rings. The smallest absolute Gasteiger partial charge is 0.243 e. The Hall–Kier alpha value is -0.940. The van der Waals surface area contributed by atoms with Gasteiger partial charge in [-0.25, -0.2) is 0 Å². The molecule has 0 radical (unpaired) electrons. The molecule has 1 aliphatic carbocycles. The van der Waals surface area contributed by atoms with Gasteiger partial charge in [-0.05, 0) is 69.9 Å². The van der Waals surface area contributed by atoms with Crippen LogP contribution in [0.4, 0.5) is 0 Å². The first kappa shape index (κ1) is 16.9. The summed E-state index contributed by atoms with van der Waals surface area (Å²) in [7, 11) is 0. The summed E-state index contributed by atoms with van der Waals surface area (Å²) >= 11 is 0. The lowest BCUT2D eigenvalue weighted by molar-refractivity contribution is 0.111. The molecule has 5 heteroatoms. The van der Waals surface area contributed by atoms with Gasteiger partial charge in [0.1, 0.15) is 0 Å². The van der Waals surface area contributed by atoms with Gasteiger partial charge in [-0.2, -0.15) is 4.98 Å². The number of hydrogen-bond acceptors (Lipinski definition) is 5. The summed E-state index contributed by atoms with van der Waals surface area (Å²) in [6.07, 6.45) is 8.88. The molecule has 1 saturated heterocycles. The summed E-state index contributed by atoms with van der Waals surface area (Å²) in [6.45, 7) is 8.90. The maximum atomic E-state index is 5.45. The van der Waals surface area contributed by atoms with E-state index in [0.29, 0.717) is 17.4 Å². The van der Waals surface area contributed by atoms with Crippen LogP contribution in [0.1, 0.15) is 77.1 Å². The Balaban J connectivity index is 1.49. The summed E-state index contributed by atoms with van der Waals surface area (Å²) in [4.78, 5) is 4.55. The van der Waals surface area contributed by atoms with Gasteiger partial charge in [-0.15, -0.1) is 0 Å². The molecule has 2 heterocycles. The van der Waals surface area contributed by atoms with Crippen LogP contribution in [-0.2, 0) is 6.42 Å². The van der Waals surface area contributed by atoms with Crippen LogP contribution in [0.3, 0.4) is 0 Å². The molecule has 5 nitrogen and oxygen atoms in total. The highest BCUT2D eigenvalue weighted by molar-refractivity contribution is 4.96. The molecule has 1 aromatic rings. The van der Waals surface area contributed by atoms with Gasteiger partial charge in [0.2, 0.25) is 5.89 Å². The van der Waals surface area contributed by atoms with E-state index in [1.54, 1.807) is 0 Å². The molecule has 2 N–H and O–H groups in total. The standard InChI is InChI=1S/C18H32N4O/c1-13(2)12-16-21-17(23-22-16)14(3)20-15-4-6-18(7-5-15)8-10-19-11-9-18/h13-15,19-20H,4-12H2,1-3H3/t14-/m0/s1. The summed E-state index contributed by atoms with van der Waals surface area (Å²) in [5.74, 6) is 2.13. The van der Waals surface area contributed by atoms with Crippen LogP contribution in [-0.4, -0.2) is 29.3 Å². The van der Waals surface area contributed by atoms with Gasteiger partial charge < -0.3 is 15.2 Å². The number of piperidine rings is 1. The van der Waals surface area contributed by atoms with Gasteiger partial charge in [-0.1, -0.05) is 19.0 Å². The van der Waals surface area contributed by atoms with Crippen LogP contribution in [0.5, 0.6) is 0 Å². The quantitative estimate of drug-likeness (QED) is 0.872. The van der Waals surface area contributed by atoms with Crippen molar-refractivity contribution in [2.75, 3.05) is 13.1 Å². The molecule has 0 amide bonds. The average Bonchev–Trinajstić information content (AvgIpc) is 2.98. The molecule has 1 saturated carbocycles. The van der Waals surface area contributed by atoms with Crippen LogP contribution in [0, 0.1) is 11.3 Å². The summed E-state index contributed by atoms with van der Waals surface area (Å²) < 4.78 is 5.45. The van der Waals surface area contributed by atoms with Gasteiger partial charge in [0.25, 0.3) is 0 Å². The van der Waals surface area contributed by atoms with E-state index in [-0.39, 0.29) is 6.04 Å². The zero-order valence-corrected chi connectivity index (χ0v) is 14.9. The van der Waals surface area contributed by atoms with Crippen molar-refractivity contribution in [2.24, 2.45) is 11.3 Å². The first-order chi connectivity index (χ1) is 11.1. The normalized spacial score (nSPS) is 23.5. The molecule has 130 valence electrons. The molecule has 0 unspecified atom stereocenters. The average molecular weight is 320 g/mol. The van der Waals surface area contributed by atoms with E-state index in [0.717, 1.165) is 18.1 Å². The van der Waals surface area contributed by atoms with Gasteiger partial charge in [0.15, 0.2) is 5.82 Å². The molecular weight excluding hydrogens is 288 g/mol. The van der Waals surface area contributed by atoms with E-state index in [1.807, 2.05) is 0 Å². The first-order valence-corrected chi connectivity index (χ1v) is 9.36. The minimum Gasteiger partial charge on any atom is -0.338 e. The fraction of sp³-hybridized carbons (Fsp3) is 0.889. The Morgan fingerprint density at radius 3 is 2.52 bits per heavy atom. The second-order valence-electron chi connectivity index (χ2n) is 8.06. The number of nitrogens with one attached hydrogen (secondary N) is 2. The lowest BCUT2D eigenvalue weighted by Crippen LogP contribution is -2.43. The molecule has 2 fully saturated rings. The molecule has 3 rings (SSSR count). The minimum atomic E-state index is 0.149. The maximum absolute atomic E-state index is 5.45. The first-order valence-electron chi connectivity index (χ1n) is 9.36. The fourth-order valence-corrected chi connectivity index (χ4v) is 4.17. The van der Waals surface area contributed by atoms with E-state index in [9.17, 15) is 0 Å². The van der Waals surface area contributed by atoms with Crippen molar-refractivity contribution in [2.45, 2.75) is 77.8 Å². The molecule has 1 aromatic heterocycles. The Bertz CT molecular complexity index is 483. The predicted octanol–water partition coefficient (Wildman–Crippen LogP) is 3.23. The highest BCUT2D eigenvalue weighted by Gasteiger charge is 2.36. The van der Waals surface area contributed by atoms with Gasteiger partial charge in [0.05, 0.1) is 6.04 Å². The third-order valence-corrected chi connectivity index (χ3v) is 5.64. The minimum absolute atomic E-state index is 0.149. The number of nitrogens with zero attached hydrogens (tertiary/aromatic N) is 2. The second-order valence-corrected chi connectivity index (χ2v) is 8.06. The van der Waals surface area contributed by atoms with E-state index in [4.69, 9.17) is 4.52 Å². The summed E-state index contributed by atoms with van der Waals surface area (Å²) in [6, 6.07) is 0.737. The van der Waals surface area contributed by atoms with Gasteiger partial charge >= 0.3 is 0 Å². The summed E-state index contributed by atoms with van der Waals surface area (Å²) in [5, 5.41) is 11.3. The van der Waals surface area contributed by atoms with Gasteiger partial charge in [-0.3, -0.25) is 0 Å². The fourth-order valence-electron chi connectivity index (χ4n) is 4.17. The lowest BCUT2D eigenvalue weighted by Gasteiger charge is -2.43. The monoisotopic (exact) mass is 320 g/mol. The van der Waals surface area contributed by atoms with Gasteiger partial charge in [0, 0.05) is 12.5 Å². The SMILES string of the molecule is CC(C)Cc1noc([C@H](C)NC2CCC3(CCNCC3)CC2)n1. The number of hydrogen-bond donors (Lipinski definition) is 2. The van der Waals surface area contributed by atoms with Crippen LogP contribution in [0.2, 0.25) is 0 Å². The third-order valence-electron chi connectivity index (χ3n) is 5.64. The highest BCUT2D eigenvalue weighted by Crippen LogP contribution is 2.43. The second kappa shape index (κ2) is 7.31.